The Morgan fingerprint density at radius 2 is 0.552 bits per heavy atom. The summed E-state index contributed by atoms with van der Waals surface area (Å²) >= 11 is 0. The number of hydrogen-bond donors (Lipinski definition) is 0. The van der Waals surface area contributed by atoms with E-state index in [-0.39, 0.29) is 57.0 Å². The van der Waals surface area contributed by atoms with Crippen LogP contribution >= 0.6 is 0 Å². The van der Waals surface area contributed by atoms with Crippen molar-refractivity contribution in [2.75, 3.05) is 0 Å². The van der Waals surface area contributed by atoms with Crippen molar-refractivity contribution in [1.82, 2.24) is 0 Å². The van der Waals surface area contributed by atoms with Crippen LogP contribution in [0.5, 0.6) is 0 Å². The number of halogens is 12. The van der Waals surface area contributed by atoms with E-state index in [0.29, 0.717) is 0 Å². The lowest BCUT2D eigenvalue weighted by molar-refractivity contribution is -0.271. The number of rotatable bonds is 20. The average Bonchev–Trinajstić information content (AvgIpc) is 0.718. The maximum Gasteiger partial charge on any atom is 0.433 e. The third-order valence-electron chi connectivity index (χ3n) is 13.2. The maximum atomic E-state index is 13.8. The Morgan fingerprint density at radius 1 is 0.333 bits per heavy atom. The zero-order valence-corrected chi connectivity index (χ0v) is 54.6. The van der Waals surface area contributed by atoms with Gasteiger partial charge in [-0.1, -0.05) is 188 Å². The van der Waals surface area contributed by atoms with Crippen LogP contribution in [0.1, 0.15) is 18.1 Å². The molecular formula is C69H54F12NO8S6+. The fourth-order valence-corrected chi connectivity index (χ4v) is 17.5. The summed E-state index contributed by atoms with van der Waals surface area (Å²) < 4.78 is 239. The fourth-order valence-electron chi connectivity index (χ4n) is 8.45. The molecule has 0 aliphatic rings. The molecule has 502 valence electrons. The van der Waals surface area contributed by atoms with Gasteiger partial charge < -0.3 is 9.66 Å². The van der Waals surface area contributed by atoms with Gasteiger partial charge in [0.25, 0.3) is 0 Å². The SMILES string of the molecule is CC(F)(F)C(F)(F)C(F)(F)S(=O)(=O)N=C([O-])c1ccc(CS(=O)(=O)C(F)(F)C(F)(F)C(F)(F)S(=O)(=O)[O-])cc1.c1ccc([S+](c2ccccc2)c2ccccc2)cc1.c1ccc([S+](c2ccccc2)c2ccccc2)cc1.c1ccc([S+](c2ccccc2)c2ccccc2)cc1. The van der Waals surface area contributed by atoms with E-state index in [4.69, 9.17) is 0 Å². The lowest BCUT2D eigenvalue weighted by Crippen LogP contribution is -2.60. The largest absolute Gasteiger partial charge is 0.858 e. The van der Waals surface area contributed by atoms with E-state index in [0.717, 1.165) is 0 Å². The highest BCUT2D eigenvalue weighted by Gasteiger charge is 2.80. The topological polar surface area (TPSA) is 161 Å². The van der Waals surface area contributed by atoms with Gasteiger partial charge in [0, 0.05) is 12.8 Å². The van der Waals surface area contributed by atoms with Crippen LogP contribution in [0.15, 0.2) is 346 Å². The molecule has 9 nitrogen and oxygen atoms in total. The Kier molecular flexibility index (Phi) is 24.8. The minimum Gasteiger partial charge on any atom is -0.858 e. The Bertz CT molecular complexity index is 3890. The standard InChI is InChI=1S/3C18H15S.C15H11F12NO8S3/c3*1-4-10-16(11-5-1)19(17-12-6-2-7-13-17)18-14-8-3-9-15-18;1-10(16,17)11(18,19)14(24,25)38(32,33)28-9(29)8-4-2-7(3-5-8)6-37(30,31)13(22,23)12(20,21)15(26,27)39(34,35)36/h3*1-15H;2-5H,6H2,1H3,(H,28,29)(H,34,35,36)/q3*+1;/p-2. The molecule has 10 aromatic carbocycles. The van der Waals surface area contributed by atoms with Gasteiger partial charge in [0.1, 0.15) is 0 Å². The number of nitrogens with zero attached hydrogens (tertiary/aromatic N) is 1. The van der Waals surface area contributed by atoms with Crippen molar-refractivity contribution in [2.24, 2.45) is 4.40 Å². The molecule has 0 saturated carbocycles. The third-order valence-corrected chi connectivity index (χ3v) is 23.9. The highest BCUT2D eigenvalue weighted by molar-refractivity contribution is 7.97. The van der Waals surface area contributed by atoms with Gasteiger partial charge in [-0.05, 0) is 120 Å². The molecule has 10 aromatic rings. The van der Waals surface area contributed by atoms with E-state index in [9.17, 15) is 87.6 Å². The van der Waals surface area contributed by atoms with Gasteiger partial charge in [-0.15, -0.1) is 0 Å². The molecule has 27 heteroatoms. The van der Waals surface area contributed by atoms with Crippen LogP contribution in [0.2, 0.25) is 0 Å². The highest BCUT2D eigenvalue weighted by Crippen LogP contribution is 2.52. The summed E-state index contributed by atoms with van der Waals surface area (Å²) in [4.78, 5) is 12.2. The Balaban J connectivity index is 0.000000192. The molecule has 10 rings (SSSR count). The van der Waals surface area contributed by atoms with E-state index in [1.165, 1.54) is 44.1 Å². The van der Waals surface area contributed by atoms with Gasteiger partial charge in [0.15, 0.2) is 54.2 Å². The molecule has 0 aliphatic heterocycles. The molecule has 0 radical (unpaired) electrons. The Labute approximate surface area is 555 Å². The monoisotopic (exact) mass is 1440 g/mol. The van der Waals surface area contributed by atoms with Crippen LogP contribution in [0.25, 0.3) is 0 Å². The van der Waals surface area contributed by atoms with Gasteiger partial charge in [-0.25, -0.2) is 16.8 Å². The number of benzene rings is 10. The smallest absolute Gasteiger partial charge is 0.433 e. The Morgan fingerprint density at radius 3 is 0.750 bits per heavy atom. The lowest BCUT2D eigenvalue weighted by Gasteiger charge is -2.33. The van der Waals surface area contributed by atoms with Gasteiger partial charge >= 0.3 is 43.6 Å². The zero-order valence-electron chi connectivity index (χ0n) is 49.7. The van der Waals surface area contributed by atoms with Crippen LogP contribution in [0.3, 0.4) is 0 Å². The van der Waals surface area contributed by atoms with Gasteiger partial charge in [-0.3, -0.25) is 0 Å². The van der Waals surface area contributed by atoms with Crippen LogP contribution in [0, 0.1) is 0 Å². The number of hydrogen-bond acceptors (Lipinski definition) is 8. The first-order valence-corrected chi connectivity index (χ1v) is 36.1. The predicted octanol–water partition coefficient (Wildman–Crippen LogP) is 16.6. The molecule has 0 amide bonds. The Hall–Kier alpha value is -8.31. The second-order valence-corrected chi connectivity index (χ2v) is 31.3. The summed E-state index contributed by atoms with van der Waals surface area (Å²) in [6.45, 7) is -0.787. The van der Waals surface area contributed by atoms with Gasteiger partial charge in [-0.2, -0.15) is 65.5 Å². The van der Waals surface area contributed by atoms with E-state index >= 15 is 0 Å². The molecular weight excluding hydrogens is 1390 g/mol. The van der Waals surface area contributed by atoms with Crippen molar-refractivity contribution >= 4 is 68.6 Å². The second-order valence-electron chi connectivity index (χ2n) is 20.1. The van der Waals surface area contributed by atoms with E-state index in [1.54, 1.807) is 4.40 Å². The first kappa shape index (κ1) is 75.1. The van der Waals surface area contributed by atoms with Gasteiger partial charge in [0.05, 0.1) is 38.4 Å². The normalized spacial score (nSPS) is 12.7. The van der Waals surface area contributed by atoms with E-state index in [2.05, 4.69) is 273 Å². The summed E-state index contributed by atoms with van der Waals surface area (Å²) in [7, 11) is -21.5. The summed E-state index contributed by atoms with van der Waals surface area (Å²) in [5.74, 6) is -24.3. The van der Waals surface area contributed by atoms with Crippen molar-refractivity contribution in [3.63, 3.8) is 0 Å². The van der Waals surface area contributed by atoms with Crippen LogP contribution in [-0.2, 0) is 68.4 Å². The zero-order chi connectivity index (χ0) is 70.2. The molecule has 0 bridgehead atoms. The van der Waals surface area contributed by atoms with Crippen molar-refractivity contribution < 1.29 is 87.6 Å². The molecule has 0 aromatic heterocycles. The van der Waals surface area contributed by atoms with Crippen molar-refractivity contribution in [2.45, 2.75) is 90.3 Å². The first-order valence-electron chi connectivity index (χ1n) is 27.9. The van der Waals surface area contributed by atoms with E-state index < -0.39 is 93.2 Å². The molecule has 0 saturated heterocycles. The van der Waals surface area contributed by atoms with Crippen molar-refractivity contribution in [1.29, 1.82) is 0 Å². The number of sulfone groups is 1. The minimum absolute atomic E-state index is 0.0146. The van der Waals surface area contributed by atoms with E-state index in [1.807, 2.05) is 0 Å². The predicted molar refractivity (Wildman–Crippen MR) is 344 cm³/mol. The highest BCUT2D eigenvalue weighted by atomic mass is 32.2. The molecule has 0 aliphatic carbocycles. The molecule has 0 atom stereocenters. The summed E-state index contributed by atoms with van der Waals surface area (Å²) in [5, 5.41) is -8.98. The summed E-state index contributed by atoms with van der Waals surface area (Å²) in [6.07, 6.45) is 0. The molecule has 0 heterocycles. The maximum absolute atomic E-state index is 13.8. The fraction of sp³-hybridized carbons (Fsp3) is 0.116. The summed E-state index contributed by atoms with van der Waals surface area (Å²) in [6, 6.07) is 97.1. The number of sulfonamides is 1. The molecule has 0 unspecified atom stereocenters. The third kappa shape index (κ3) is 17.6. The second kappa shape index (κ2) is 31.7. The first-order chi connectivity index (χ1) is 45.2. The van der Waals surface area contributed by atoms with Crippen LogP contribution < -0.4 is 5.11 Å². The lowest BCUT2D eigenvalue weighted by atomic mass is 10.1. The quantitative estimate of drug-likeness (QED) is 0.0240. The molecule has 0 N–H and O–H groups in total. The molecule has 0 spiro atoms. The molecule has 96 heavy (non-hydrogen) atoms. The average molecular weight is 1450 g/mol. The van der Waals surface area contributed by atoms with Crippen molar-refractivity contribution in [3.8, 4) is 0 Å². The number of alkyl halides is 12. The van der Waals surface area contributed by atoms with Crippen molar-refractivity contribution in [3.05, 3.63) is 308 Å². The minimum atomic E-state index is -7.55. The van der Waals surface area contributed by atoms with Gasteiger partial charge in [0.2, 0.25) is 9.84 Å². The molecule has 0 fully saturated rings. The summed E-state index contributed by atoms with van der Waals surface area (Å²) in [5.41, 5.74) is -2.37. The van der Waals surface area contributed by atoms with Crippen LogP contribution in [-0.4, -0.2) is 69.2 Å². The van der Waals surface area contributed by atoms with Crippen LogP contribution in [0.4, 0.5) is 52.7 Å².